The fraction of sp³-hybridized carbons (Fsp3) is 0.280. The van der Waals surface area contributed by atoms with Crippen molar-refractivity contribution in [2.75, 3.05) is 44.7 Å². The van der Waals surface area contributed by atoms with E-state index in [1.54, 1.807) is 6.33 Å². The van der Waals surface area contributed by atoms with E-state index in [1.807, 2.05) is 30.3 Å². The molecular weight excluding hydrogens is 422 g/mol. The normalized spacial score (nSPS) is 14.7. The molecule has 1 N–H and O–H groups in total. The lowest BCUT2D eigenvalue weighted by Crippen LogP contribution is -2.37. The average molecular weight is 448 g/mol. The van der Waals surface area contributed by atoms with Gasteiger partial charge in [-0.3, -0.25) is 4.90 Å². The predicted octanol–water partition coefficient (Wildman–Crippen LogP) is 4.88. The van der Waals surface area contributed by atoms with Crippen LogP contribution >= 0.6 is 11.6 Å². The van der Waals surface area contributed by atoms with Crippen molar-refractivity contribution in [1.82, 2.24) is 19.4 Å². The zero-order valence-electron chi connectivity index (χ0n) is 17.9. The van der Waals surface area contributed by atoms with E-state index >= 15 is 0 Å². The molecule has 4 aromatic rings. The lowest BCUT2D eigenvalue weighted by Gasteiger charge is -2.26. The van der Waals surface area contributed by atoms with Gasteiger partial charge in [0, 0.05) is 42.1 Å². The van der Waals surface area contributed by atoms with Crippen molar-refractivity contribution in [3.05, 3.63) is 72.1 Å². The van der Waals surface area contributed by atoms with Gasteiger partial charge in [0.05, 0.1) is 18.6 Å². The Balaban J connectivity index is 1.47. The fourth-order valence-electron chi connectivity index (χ4n) is 4.17. The van der Waals surface area contributed by atoms with Crippen LogP contribution in [0.4, 0.5) is 5.82 Å². The summed E-state index contributed by atoms with van der Waals surface area (Å²) in [6, 6.07) is 18.2. The number of ether oxygens (including phenoxy) is 1. The van der Waals surface area contributed by atoms with Gasteiger partial charge < -0.3 is 14.6 Å². The van der Waals surface area contributed by atoms with Crippen LogP contribution in [0, 0.1) is 0 Å². The van der Waals surface area contributed by atoms with E-state index in [-0.39, 0.29) is 0 Å². The summed E-state index contributed by atoms with van der Waals surface area (Å²) in [6.07, 6.45) is 4.81. The van der Waals surface area contributed by atoms with Gasteiger partial charge in [-0.15, -0.1) is 0 Å². The Kier molecular flexibility index (Phi) is 6.34. The largest absolute Gasteiger partial charge is 0.379 e. The Labute approximate surface area is 192 Å². The number of anilines is 1. The summed E-state index contributed by atoms with van der Waals surface area (Å²) in [5.74, 6) is 0.864. The van der Waals surface area contributed by atoms with E-state index in [9.17, 15) is 0 Å². The summed E-state index contributed by atoms with van der Waals surface area (Å²) >= 11 is 6.12. The Morgan fingerprint density at radius 3 is 2.53 bits per heavy atom. The van der Waals surface area contributed by atoms with Gasteiger partial charge in [-0.05, 0) is 42.8 Å². The summed E-state index contributed by atoms with van der Waals surface area (Å²) in [5, 5.41) is 5.31. The van der Waals surface area contributed by atoms with Crippen molar-refractivity contribution < 1.29 is 4.74 Å². The Morgan fingerprint density at radius 1 is 0.969 bits per heavy atom. The van der Waals surface area contributed by atoms with Crippen LogP contribution in [0.1, 0.15) is 6.42 Å². The number of aromatic nitrogens is 3. The van der Waals surface area contributed by atoms with Crippen LogP contribution in [0.15, 0.2) is 67.1 Å². The van der Waals surface area contributed by atoms with Crippen LogP contribution in [0.5, 0.6) is 0 Å². The number of hydrogen-bond acceptors (Lipinski definition) is 5. The molecule has 1 fully saturated rings. The van der Waals surface area contributed by atoms with Gasteiger partial charge in [0.25, 0.3) is 0 Å². The Hall–Kier alpha value is -2.93. The smallest absolute Gasteiger partial charge is 0.150 e. The number of nitrogens with zero attached hydrogens (tertiary/aromatic N) is 4. The van der Waals surface area contributed by atoms with Crippen LogP contribution in [0.2, 0.25) is 5.02 Å². The average Bonchev–Trinajstić information content (AvgIpc) is 3.24. The van der Waals surface area contributed by atoms with Crippen LogP contribution < -0.4 is 5.32 Å². The molecule has 0 radical (unpaired) electrons. The summed E-state index contributed by atoms with van der Waals surface area (Å²) in [5.41, 5.74) is 4.12. The zero-order valence-corrected chi connectivity index (χ0v) is 18.6. The van der Waals surface area contributed by atoms with Crippen LogP contribution in [-0.2, 0) is 4.74 Å². The second-order valence-electron chi connectivity index (χ2n) is 7.91. The molecule has 0 unspecified atom stereocenters. The van der Waals surface area contributed by atoms with Crippen molar-refractivity contribution >= 4 is 28.5 Å². The topological polar surface area (TPSA) is 55.2 Å². The maximum Gasteiger partial charge on any atom is 0.150 e. The second-order valence-corrected chi connectivity index (χ2v) is 8.35. The van der Waals surface area contributed by atoms with E-state index < -0.39 is 0 Å². The third-order valence-electron chi connectivity index (χ3n) is 5.82. The van der Waals surface area contributed by atoms with E-state index in [0.717, 1.165) is 79.5 Å². The SMILES string of the molecule is Clc1ccc(-n2cc(-c3ccccc3)c3c(NCCCN4CCOCC4)ncnc32)cc1. The molecule has 0 saturated carbocycles. The summed E-state index contributed by atoms with van der Waals surface area (Å²) in [7, 11) is 0. The third-order valence-corrected chi connectivity index (χ3v) is 6.07. The van der Waals surface area contributed by atoms with Crippen LogP contribution in [0.25, 0.3) is 27.8 Å². The molecule has 164 valence electrons. The first-order valence-corrected chi connectivity index (χ1v) is 11.4. The van der Waals surface area contributed by atoms with Gasteiger partial charge in [0.2, 0.25) is 0 Å². The molecule has 2 aromatic carbocycles. The van der Waals surface area contributed by atoms with Gasteiger partial charge in [-0.1, -0.05) is 41.9 Å². The number of benzene rings is 2. The van der Waals surface area contributed by atoms with Crippen molar-refractivity contribution in [3.8, 4) is 16.8 Å². The maximum atomic E-state index is 6.12. The number of nitrogens with one attached hydrogen (secondary N) is 1. The first kappa shape index (κ1) is 20.9. The van der Waals surface area contributed by atoms with Crippen LogP contribution in [-0.4, -0.2) is 58.8 Å². The lowest BCUT2D eigenvalue weighted by atomic mass is 10.1. The van der Waals surface area contributed by atoms with E-state index in [2.05, 4.69) is 55.2 Å². The van der Waals surface area contributed by atoms with Gasteiger partial charge in [0.1, 0.15) is 12.1 Å². The highest BCUT2D eigenvalue weighted by Gasteiger charge is 2.17. The van der Waals surface area contributed by atoms with Crippen molar-refractivity contribution in [2.45, 2.75) is 6.42 Å². The molecule has 0 bridgehead atoms. The van der Waals surface area contributed by atoms with E-state index in [1.165, 1.54) is 0 Å². The summed E-state index contributed by atoms with van der Waals surface area (Å²) < 4.78 is 7.55. The highest BCUT2D eigenvalue weighted by Crippen LogP contribution is 2.35. The van der Waals surface area contributed by atoms with Gasteiger partial charge in [-0.2, -0.15) is 0 Å². The van der Waals surface area contributed by atoms with Crippen molar-refractivity contribution in [1.29, 1.82) is 0 Å². The number of hydrogen-bond donors (Lipinski definition) is 1. The monoisotopic (exact) mass is 447 g/mol. The number of morpholine rings is 1. The molecular formula is C25H26ClN5O. The molecule has 0 atom stereocenters. The van der Waals surface area contributed by atoms with E-state index in [4.69, 9.17) is 16.3 Å². The Bertz CT molecular complexity index is 1170. The molecule has 1 aliphatic rings. The number of rotatable bonds is 7. The fourth-order valence-corrected chi connectivity index (χ4v) is 4.29. The van der Waals surface area contributed by atoms with Crippen LogP contribution in [0.3, 0.4) is 0 Å². The predicted molar refractivity (Wildman–Crippen MR) is 130 cm³/mol. The molecule has 2 aromatic heterocycles. The summed E-state index contributed by atoms with van der Waals surface area (Å²) in [4.78, 5) is 11.7. The van der Waals surface area contributed by atoms with Gasteiger partial charge >= 0.3 is 0 Å². The minimum absolute atomic E-state index is 0.714. The lowest BCUT2D eigenvalue weighted by molar-refractivity contribution is 0.0378. The zero-order chi connectivity index (χ0) is 21.8. The first-order valence-electron chi connectivity index (χ1n) is 11.0. The minimum atomic E-state index is 0.714. The third kappa shape index (κ3) is 4.48. The first-order chi connectivity index (χ1) is 15.8. The van der Waals surface area contributed by atoms with E-state index in [0.29, 0.717) is 5.02 Å². The molecule has 1 aliphatic heterocycles. The molecule has 0 aliphatic carbocycles. The molecule has 1 saturated heterocycles. The highest BCUT2D eigenvalue weighted by molar-refractivity contribution is 6.30. The molecule has 32 heavy (non-hydrogen) atoms. The molecule has 6 nitrogen and oxygen atoms in total. The standard InChI is InChI=1S/C25H26ClN5O/c26-20-7-9-21(10-8-20)31-17-22(19-5-2-1-3-6-19)23-24(28-18-29-25(23)31)27-11-4-12-30-13-15-32-16-14-30/h1-3,5-10,17-18H,4,11-16H2,(H,27,28,29). The highest BCUT2D eigenvalue weighted by atomic mass is 35.5. The summed E-state index contributed by atoms with van der Waals surface area (Å²) in [6.45, 7) is 5.60. The second kappa shape index (κ2) is 9.69. The molecule has 7 heteroatoms. The number of fused-ring (bicyclic) bond motifs is 1. The molecule has 0 spiro atoms. The van der Waals surface area contributed by atoms with Crippen molar-refractivity contribution in [2.24, 2.45) is 0 Å². The van der Waals surface area contributed by atoms with Gasteiger partial charge in [0.15, 0.2) is 5.65 Å². The molecule has 3 heterocycles. The minimum Gasteiger partial charge on any atom is -0.379 e. The molecule has 0 amide bonds. The Morgan fingerprint density at radius 2 is 1.75 bits per heavy atom. The van der Waals surface area contributed by atoms with Gasteiger partial charge in [-0.25, -0.2) is 9.97 Å². The maximum absolute atomic E-state index is 6.12. The van der Waals surface area contributed by atoms with Crippen molar-refractivity contribution in [3.63, 3.8) is 0 Å². The molecule has 5 rings (SSSR count). The quantitative estimate of drug-likeness (QED) is 0.409. The number of halogens is 1.